The van der Waals surface area contributed by atoms with Crippen molar-refractivity contribution in [2.45, 2.75) is 69.5 Å². The molecule has 0 aromatic carbocycles. The molecule has 2 aliphatic carbocycles. The highest BCUT2D eigenvalue weighted by Gasteiger charge is 2.48. The number of ether oxygens (including phenoxy) is 1. The summed E-state index contributed by atoms with van der Waals surface area (Å²) < 4.78 is 5.10. The Kier molecular flexibility index (Phi) is 4.04. The molecule has 114 valence electrons. The van der Waals surface area contributed by atoms with E-state index in [1.807, 2.05) is 0 Å². The summed E-state index contributed by atoms with van der Waals surface area (Å²) in [6.07, 6.45) is 8.40. The van der Waals surface area contributed by atoms with E-state index in [-0.39, 0.29) is 5.97 Å². The second-order valence-electron chi connectivity index (χ2n) is 6.88. The molecule has 2 bridgehead atoms. The van der Waals surface area contributed by atoms with Gasteiger partial charge in [-0.15, -0.1) is 0 Å². The Labute approximate surface area is 122 Å². The third-order valence-electron chi connectivity index (χ3n) is 5.74. The highest BCUT2D eigenvalue weighted by molar-refractivity contribution is 5.81. The second kappa shape index (κ2) is 5.64. The van der Waals surface area contributed by atoms with Crippen LogP contribution in [0.3, 0.4) is 0 Å². The molecule has 4 unspecified atom stereocenters. The van der Waals surface area contributed by atoms with Crippen molar-refractivity contribution in [2.24, 2.45) is 5.92 Å². The lowest BCUT2D eigenvalue weighted by atomic mass is 9.77. The minimum Gasteiger partial charge on any atom is -0.468 e. The van der Waals surface area contributed by atoms with Gasteiger partial charge in [0, 0.05) is 18.6 Å². The Morgan fingerprint density at radius 1 is 1.35 bits per heavy atom. The van der Waals surface area contributed by atoms with Crippen LogP contribution in [-0.2, 0) is 9.53 Å². The molecule has 4 nitrogen and oxygen atoms in total. The maximum absolute atomic E-state index is 12.3. The van der Waals surface area contributed by atoms with E-state index in [1.165, 1.54) is 39.3 Å². The quantitative estimate of drug-likeness (QED) is 0.799. The Hall–Kier alpha value is -0.610. The SMILES string of the molecule is CCNC1(C(=O)OC)CCCC(N2CC3CCC2C3)C1. The van der Waals surface area contributed by atoms with Crippen molar-refractivity contribution in [3.63, 3.8) is 0 Å². The molecule has 0 aromatic rings. The van der Waals surface area contributed by atoms with Gasteiger partial charge in [-0.2, -0.15) is 0 Å². The van der Waals surface area contributed by atoms with Gasteiger partial charge in [0.25, 0.3) is 0 Å². The summed E-state index contributed by atoms with van der Waals surface area (Å²) in [7, 11) is 1.52. The molecule has 3 rings (SSSR count). The van der Waals surface area contributed by atoms with E-state index in [1.54, 1.807) is 0 Å². The smallest absolute Gasteiger partial charge is 0.326 e. The van der Waals surface area contributed by atoms with Gasteiger partial charge >= 0.3 is 5.97 Å². The number of likely N-dealkylation sites (tertiary alicyclic amines) is 1. The van der Waals surface area contributed by atoms with Crippen molar-refractivity contribution in [3.8, 4) is 0 Å². The highest BCUT2D eigenvalue weighted by atomic mass is 16.5. The van der Waals surface area contributed by atoms with E-state index in [2.05, 4.69) is 17.1 Å². The van der Waals surface area contributed by atoms with E-state index in [0.717, 1.165) is 37.8 Å². The van der Waals surface area contributed by atoms with E-state index < -0.39 is 5.54 Å². The van der Waals surface area contributed by atoms with Crippen molar-refractivity contribution in [3.05, 3.63) is 0 Å². The van der Waals surface area contributed by atoms with Crippen molar-refractivity contribution in [1.29, 1.82) is 0 Å². The molecule has 1 saturated heterocycles. The maximum Gasteiger partial charge on any atom is 0.326 e. The molecule has 3 fully saturated rings. The van der Waals surface area contributed by atoms with Gasteiger partial charge in [-0.1, -0.05) is 6.92 Å². The lowest BCUT2D eigenvalue weighted by molar-refractivity contribution is -0.151. The molecule has 0 amide bonds. The summed E-state index contributed by atoms with van der Waals surface area (Å²) in [4.78, 5) is 15.0. The van der Waals surface area contributed by atoms with Crippen LogP contribution in [0.1, 0.15) is 51.9 Å². The predicted octanol–water partition coefficient (Wildman–Crippen LogP) is 1.93. The highest BCUT2D eigenvalue weighted by Crippen LogP contribution is 2.42. The fourth-order valence-electron chi connectivity index (χ4n) is 4.89. The lowest BCUT2D eigenvalue weighted by Gasteiger charge is -2.44. The molecule has 0 aromatic heterocycles. The molecule has 0 radical (unpaired) electrons. The first kappa shape index (κ1) is 14.3. The Morgan fingerprint density at radius 3 is 2.80 bits per heavy atom. The van der Waals surface area contributed by atoms with Gasteiger partial charge in [0.1, 0.15) is 5.54 Å². The van der Waals surface area contributed by atoms with E-state index in [0.29, 0.717) is 6.04 Å². The average Bonchev–Trinajstić information content (AvgIpc) is 3.09. The second-order valence-corrected chi connectivity index (χ2v) is 6.88. The molecular formula is C16H28N2O2. The molecule has 4 heteroatoms. The van der Waals surface area contributed by atoms with Gasteiger partial charge < -0.3 is 10.1 Å². The van der Waals surface area contributed by atoms with Crippen molar-refractivity contribution in [1.82, 2.24) is 10.2 Å². The van der Waals surface area contributed by atoms with Crippen LogP contribution in [0.2, 0.25) is 0 Å². The van der Waals surface area contributed by atoms with Crippen LogP contribution in [0.5, 0.6) is 0 Å². The van der Waals surface area contributed by atoms with Crippen LogP contribution < -0.4 is 5.32 Å². The van der Waals surface area contributed by atoms with Crippen molar-refractivity contribution < 1.29 is 9.53 Å². The molecule has 1 heterocycles. The summed E-state index contributed by atoms with van der Waals surface area (Å²) in [5.74, 6) is 0.863. The van der Waals surface area contributed by atoms with Gasteiger partial charge in [-0.3, -0.25) is 9.69 Å². The van der Waals surface area contributed by atoms with Gasteiger partial charge in [-0.05, 0) is 57.4 Å². The minimum absolute atomic E-state index is 0.0617. The van der Waals surface area contributed by atoms with Crippen LogP contribution in [-0.4, -0.2) is 48.7 Å². The third-order valence-corrected chi connectivity index (χ3v) is 5.74. The minimum atomic E-state index is -0.436. The standard InChI is InChI=1S/C16H28N2O2/c1-3-17-16(15(19)20-2)8-4-5-14(10-16)18-11-12-6-7-13(18)9-12/h12-14,17H,3-11H2,1-2H3. The van der Waals surface area contributed by atoms with Gasteiger partial charge in [0.15, 0.2) is 0 Å². The summed E-state index contributed by atoms with van der Waals surface area (Å²) in [6.45, 7) is 4.17. The first-order chi connectivity index (χ1) is 9.68. The first-order valence-corrected chi connectivity index (χ1v) is 8.27. The molecule has 1 N–H and O–H groups in total. The third kappa shape index (κ3) is 2.37. The Balaban J connectivity index is 1.72. The number of carbonyl (C=O) groups excluding carboxylic acids is 1. The normalized spacial score (nSPS) is 41.0. The molecule has 0 spiro atoms. The maximum atomic E-state index is 12.3. The summed E-state index contributed by atoms with van der Waals surface area (Å²) >= 11 is 0. The zero-order valence-corrected chi connectivity index (χ0v) is 12.9. The fourth-order valence-corrected chi connectivity index (χ4v) is 4.89. The Morgan fingerprint density at radius 2 is 2.20 bits per heavy atom. The number of nitrogens with one attached hydrogen (secondary N) is 1. The van der Waals surface area contributed by atoms with Gasteiger partial charge in [0.2, 0.25) is 0 Å². The summed E-state index contributed by atoms with van der Waals surface area (Å²) in [5.41, 5.74) is -0.436. The van der Waals surface area contributed by atoms with Crippen molar-refractivity contribution >= 4 is 5.97 Å². The number of esters is 1. The summed E-state index contributed by atoms with van der Waals surface area (Å²) in [6, 6.07) is 1.36. The number of piperidine rings is 1. The van der Waals surface area contributed by atoms with Crippen LogP contribution in [0.4, 0.5) is 0 Å². The summed E-state index contributed by atoms with van der Waals surface area (Å²) in [5, 5.41) is 3.44. The fraction of sp³-hybridized carbons (Fsp3) is 0.938. The number of hydrogen-bond donors (Lipinski definition) is 1. The number of methoxy groups -OCH3 is 1. The average molecular weight is 280 g/mol. The number of likely N-dealkylation sites (N-methyl/N-ethyl adjacent to an activating group) is 1. The molecule has 1 aliphatic heterocycles. The van der Waals surface area contributed by atoms with Crippen LogP contribution >= 0.6 is 0 Å². The largest absolute Gasteiger partial charge is 0.468 e. The van der Waals surface area contributed by atoms with Gasteiger partial charge in [0.05, 0.1) is 7.11 Å². The topological polar surface area (TPSA) is 41.6 Å². The number of carbonyl (C=O) groups is 1. The van der Waals surface area contributed by atoms with E-state index in [4.69, 9.17) is 4.74 Å². The van der Waals surface area contributed by atoms with Crippen molar-refractivity contribution in [2.75, 3.05) is 20.2 Å². The van der Waals surface area contributed by atoms with E-state index >= 15 is 0 Å². The zero-order valence-electron chi connectivity index (χ0n) is 12.9. The molecular weight excluding hydrogens is 252 g/mol. The van der Waals surface area contributed by atoms with Crippen LogP contribution in [0.15, 0.2) is 0 Å². The molecule has 4 atom stereocenters. The van der Waals surface area contributed by atoms with Gasteiger partial charge in [-0.25, -0.2) is 0 Å². The number of nitrogens with zero attached hydrogens (tertiary/aromatic N) is 1. The number of rotatable bonds is 4. The van der Waals surface area contributed by atoms with E-state index in [9.17, 15) is 4.79 Å². The molecule has 2 saturated carbocycles. The lowest BCUT2D eigenvalue weighted by Crippen LogP contribution is -2.59. The number of hydrogen-bond acceptors (Lipinski definition) is 4. The zero-order chi connectivity index (χ0) is 14.2. The molecule has 20 heavy (non-hydrogen) atoms. The Bertz CT molecular complexity index is 369. The predicted molar refractivity (Wildman–Crippen MR) is 78.5 cm³/mol. The van der Waals surface area contributed by atoms with Crippen LogP contribution in [0, 0.1) is 5.92 Å². The number of fused-ring (bicyclic) bond motifs is 2. The van der Waals surface area contributed by atoms with Crippen LogP contribution in [0.25, 0.3) is 0 Å². The first-order valence-electron chi connectivity index (χ1n) is 8.27. The molecule has 3 aliphatic rings. The monoisotopic (exact) mass is 280 g/mol.